The van der Waals surface area contributed by atoms with E-state index in [1.807, 2.05) is 0 Å². The Kier molecular flexibility index (Phi) is 2.78. The fourth-order valence-corrected chi connectivity index (χ4v) is 1.89. The van der Waals surface area contributed by atoms with Gasteiger partial charge in [-0.1, -0.05) is 0 Å². The zero-order valence-electron chi connectivity index (χ0n) is 8.41. The minimum Gasteiger partial charge on any atom is -0.462 e. The predicted octanol–water partition coefficient (Wildman–Crippen LogP) is 2.37. The summed E-state index contributed by atoms with van der Waals surface area (Å²) >= 11 is 3.29. The molecule has 16 heavy (non-hydrogen) atoms. The Morgan fingerprint density at radius 2 is 2.25 bits per heavy atom. The number of benzene rings is 1. The molecule has 0 aliphatic heterocycles. The topological polar surface area (TPSA) is 59.3 Å². The Bertz CT molecular complexity index is 574. The molecule has 0 aliphatic carbocycles. The third kappa shape index (κ3) is 1.63. The maximum Gasteiger partial charge on any atom is 0.254 e. The molecule has 0 saturated carbocycles. The summed E-state index contributed by atoms with van der Waals surface area (Å²) in [6.45, 7) is 0. The molecule has 0 fully saturated rings. The predicted molar refractivity (Wildman–Crippen MR) is 62.7 cm³/mol. The molecule has 0 bridgehead atoms. The van der Waals surface area contributed by atoms with Gasteiger partial charge < -0.3 is 9.73 Å². The molecule has 1 amide bonds. The molecule has 1 N–H and O–H groups in total. The van der Waals surface area contributed by atoms with Crippen LogP contribution in [0.1, 0.15) is 20.7 Å². The van der Waals surface area contributed by atoms with Gasteiger partial charge in [0.2, 0.25) is 0 Å². The van der Waals surface area contributed by atoms with Crippen molar-refractivity contribution in [2.45, 2.75) is 0 Å². The number of halogens is 1. The van der Waals surface area contributed by atoms with Gasteiger partial charge in [0.15, 0.2) is 0 Å². The normalized spacial score (nSPS) is 10.4. The Morgan fingerprint density at radius 1 is 1.50 bits per heavy atom. The molecule has 1 aromatic heterocycles. The van der Waals surface area contributed by atoms with E-state index in [0.29, 0.717) is 28.4 Å². The Balaban J connectivity index is 2.79. The lowest BCUT2D eigenvalue weighted by atomic mass is 10.1. The number of furan rings is 1. The highest BCUT2D eigenvalue weighted by Crippen LogP contribution is 2.29. The van der Waals surface area contributed by atoms with Crippen LogP contribution in [0.25, 0.3) is 11.0 Å². The number of amides is 1. The zero-order chi connectivity index (χ0) is 11.7. The molecular weight excluding hydrogens is 274 g/mol. The highest BCUT2D eigenvalue weighted by Gasteiger charge is 2.15. The lowest BCUT2D eigenvalue weighted by Gasteiger charge is -2.02. The highest BCUT2D eigenvalue weighted by molar-refractivity contribution is 9.10. The zero-order valence-corrected chi connectivity index (χ0v) is 10.00. The summed E-state index contributed by atoms with van der Waals surface area (Å²) in [6, 6.07) is 3.17. The van der Waals surface area contributed by atoms with Gasteiger partial charge in [0.1, 0.15) is 18.1 Å². The second-order valence-corrected chi connectivity index (χ2v) is 4.08. The molecule has 5 heteroatoms. The van der Waals surface area contributed by atoms with E-state index in [4.69, 9.17) is 4.42 Å². The first kappa shape index (κ1) is 10.9. The third-order valence-corrected chi connectivity index (χ3v) is 2.87. The number of carbonyl (C=O) groups is 2. The van der Waals surface area contributed by atoms with Gasteiger partial charge in [0.25, 0.3) is 5.91 Å². The van der Waals surface area contributed by atoms with Gasteiger partial charge in [-0.25, -0.2) is 0 Å². The second kappa shape index (κ2) is 4.09. The van der Waals surface area contributed by atoms with Crippen LogP contribution in [0.5, 0.6) is 0 Å². The summed E-state index contributed by atoms with van der Waals surface area (Å²) in [4.78, 5) is 22.4. The summed E-state index contributed by atoms with van der Waals surface area (Å²) < 4.78 is 6.00. The second-order valence-electron chi connectivity index (χ2n) is 3.23. The van der Waals surface area contributed by atoms with Gasteiger partial charge in [0, 0.05) is 18.0 Å². The van der Waals surface area contributed by atoms with Crippen molar-refractivity contribution < 1.29 is 14.0 Å². The van der Waals surface area contributed by atoms with Gasteiger partial charge in [0.05, 0.1) is 10.0 Å². The SMILES string of the molecule is CNC(=O)c1cc(C=O)cc2c(Br)coc12. The number of aldehydes is 1. The molecular formula is C11H8BrNO3. The molecule has 0 atom stereocenters. The first-order valence-corrected chi connectivity index (χ1v) is 5.34. The third-order valence-electron chi connectivity index (χ3n) is 2.26. The van der Waals surface area contributed by atoms with Crippen molar-refractivity contribution in [2.75, 3.05) is 7.05 Å². The van der Waals surface area contributed by atoms with Crippen LogP contribution in [0, 0.1) is 0 Å². The van der Waals surface area contributed by atoms with Crippen LogP contribution in [-0.4, -0.2) is 19.2 Å². The first-order valence-electron chi connectivity index (χ1n) is 4.55. The molecule has 2 rings (SSSR count). The van der Waals surface area contributed by atoms with Crippen molar-refractivity contribution in [2.24, 2.45) is 0 Å². The van der Waals surface area contributed by atoms with Gasteiger partial charge in [-0.2, -0.15) is 0 Å². The van der Waals surface area contributed by atoms with Crippen LogP contribution < -0.4 is 5.32 Å². The molecule has 0 aliphatic rings. The molecule has 0 unspecified atom stereocenters. The molecule has 2 aromatic rings. The fraction of sp³-hybridized carbons (Fsp3) is 0.0909. The number of carbonyl (C=O) groups excluding carboxylic acids is 2. The van der Waals surface area contributed by atoms with Crippen LogP contribution in [0.2, 0.25) is 0 Å². The lowest BCUT2D eigenvalue weighted by Crippen LogP contribution is -2.18. The van der Waals surface area contributed by atoms with Gasteiger partial charge >= 0.3 is 0 Å². The summed E-state index contributed by atoms with van der Waals surface area (Å²) in [5.41, 5.74) is 1.26. The van der Waals surface area contributed by atoms with E-state index in [0.717, 1.165) is 4.47 Å². The average molecular weight is 282 g/mol. The quantitative estimate of drug-likeness (QED) is 0.860. The minimum absolute atomic E-state index is 0.282. The van der Waals surface area contributed by atoms with Crippen molar-refractivity contribution in [3.8, 4) is 0 Å². The maximum atomic E-state index is 11.6. The Morgan fingerprint density at radius 3 is 2.88 bits per heavy atom. The van der Waals surface area contributed by atoms with Crippen molar-refractivity contribution in [3.63, 3.8) is 0 Å². The van der Waals surface area contributed by atoms with Gasteiger partial charge in [-0.3, -0.25) is 9.59 Å². The Hall–Kier alpha value is -1.62. The smallest absolute Gasteiger partial charge is 0.254 e. The molecule has 4 nitrogen and oxygen atoms in total. The standard InChI is InChI=1S/C11H8BrNO3/c1-13-11(15)8-3-6(4-14)2-7-9(12)5-16-10(7)8/h2-5H,1H3,(H,13,15). The van der Waals surface area contributed by atoms with Crippen molar-refractivity contribution in [3.05, 3.63) is 34.0 Å². The van der Waals surface area contributed by atoms with E-state index in [9.17, 15) is 9.59 Å². The van der Waals surface area contributed by atoms with E-state index in [-0.39, 0.29) is 5.91 Å². The summed E-state index contributed by atoms with van der Waals surface area (Å²) in [6.07, 6.45) is 2.19. The van der Waals surface area contributed by atoms with Gasteiger partial charge in [-0.15, -0.1) is 0 Å². The molecule has 0 radical (unpaired) electrons. The van der Waals surface area contributed by atoms with E-state index in [1.54, 1.807) is 6.07 Å². The van der Waals surface area contributed by atoms with Crippen LogP contribution in [-0.2, 0) is 0 Å². The molecule has 0 spiro atoms. The van der Waals surface area contributed by atoms with E-state index in [2.05, 4.69) is 21.2 Å². The number of hydrogen-bond acceptors (Lipinski definition) is 3. The van der Waals surface area contributed by atoms with Crippen LogP contribution in [0.4, 0.5) is 0 Å². The van der Waals surface area contributed by atoms with E-state index in [1.165, 1.54) is 19.4 Å². The number of hydrogen-bond donors (Lipinski definition) is 1. The Labute approximate surface area is 99.7 Å². The number of fused-ring (bicyclic) bond motifs is 1. The van der Waals surface area contributed by atoms with Gasteiger partial charge in [-0.05, 0) is 28.1 Å². The minimum atomic E-state index is -0.282. The van der Waals surface area contributed by atoms with E-state index >= 15 is 0 Å². The van der Waals surface area contributed by atoms with E-state index < -0.39 is 0 Å². The van der Waals surface area contributed by atoms with Crippen molar-refractivity contribution in [1.29, 1.82) is 0 Å². The molecule has 82 valence electrons. The highest BCUT2D eigenvalue weighted by atomic mass is 79.9. The van der Waals surface area contributed by atoms with Crippen LogP contribution in [0.3, 0.4) is 0 Å². The monoisotopic (exact) mass is 281 g/mol. The molecule has 0 saturated heterocycles. The maximum absolute atomic E-state index is 11.6. The summed E-state index contributed by atoms with van der Waals surface area (Å²) in [5.74, 6) is -0.282. The summed E-state index contributed by atoms with van der Waals surface area (Å²) in [5, 5.41) is 3.22. The fourth-order valence-electron chi connectivity index (χ4n) is 1.50. The lowest BCUT2D eigenvalue weighted by molar-refractivity contribution is 0.0963. The average Bonchev–Trinajstić information content (AvgIpc) is 2.69. The van der Waals surface area contributed by atoms with Crippen LogP contribution >= 0.6 is 15.9 Å². The largest absolute Gasteiger partial charge is 0.462 e. The van der Waals surface area contributed by atoms with Crippen molar-refractivity contribution >= 4 is 39.1 Å². The first-order chi connectivity index (χ1) is 7.67. The number of nitrogens with one attached hydrogen (secondary N) is 1. The molecule has 1 heterocycles. The van der Waals surface area contributed by atoms with Crippen molar-refractivity contribution in [1.82, 2.24) is 5.32 Å². The number of rotatable bonds is 2. The molecule has 1 aromatic carbocycles. The van der Waals surface area contributed by atoms with Crippen LogP contribution in [0.15, 0.2) is 27.3 Å². The summed E-state index contributed by atoms with van der Waals surface area (Å²) in [7, 11) is 1.53.